The van der Waals surface area contributed by atoms with E-state index in [0.717, 1.165) is 18.4 Å². The minimum absolute atomic E-state index is 0.0795. The van der Waals surface area contributed by atoms with Gasteiger partial charge in [0.1, 0.15) is 6.61 Å². The summed E-state index contributed by atoms with van der Waals surface area (Å²) in [5.74, 6) is -0.441. The van der Waals surface area contributed by atoms with Gasteiger partial charge in [0.2, 0.25) is 5.90 Å². The Morgan fingerprint density at radius 2 is 1.94 bits per heavy atom. The van der Waals surface area contributed by atoms with Crippen LogP contribution in [0.2, 0.25) is 0 Å². The molecule has 2 aromatic carbocycles. The number of nitrogens with zero attached hydrogens (tertiary/aromatic N) is 3. The van der Waals surface area contributed by atoms with Crippen molar-refractivity contribution in [3.63, 3.8) is 0 Å². The second kappa shape index (κ2) is 8.48. The van der Waals surface area contributed by atoms with Crippen molar-refractivity contribution in [3.05, 3.63) is 65.7 Å². The summed E-state index contributed by atoms with van der Waals surface area (Å²) in [7, 11) is 0. The number of carbonyl (C=O) groups excluding carboxylic acids is 2. The highest BCUT2D eigenvalue weighted by Crippen LogP contribution is 2.47. The lowest BCUT2D eigenvalue weighted by Gasteiger charge is -2.14. The third-order valence-electron chi connectivity index (χ3n) is 5.31. The number of anilines is 1. The SMILES string of the molecule is CC(=NOC(=O)c1ccccc1)OCC1CN(c2ccc(C3(C#N)CC3)cc2)C(=O)O1. The summed E-state index contributed by atoms with van der Waals surface area (Å²) in [5, 5.41) is 13.0. The van der Waals surface area contributed by atoms with E-state index in [2.05, 4.69) is 11.2 Å². The number of nitriles is 1. The monoisotopic (exact) mass is 419 g/mol. The summed E-state index contributed by atoms with van der Waals surface area (Å²) in [6, 6.07) is 18.3. The Morgan fingerprint density at radius 1 is 1.23 bits per heavy atom. The molecule has 0 spiro atoms. The number of hydrogen-bond acceptors (Lipinski definition) is 7. The fourth-order valence-corrected chi connectivity index (χ4v) is 3.34. The van der Waals surface area contributed by atoms with Gasteiger partial charge in [0.05, 0.1) is 23.6 Å². The molecule has 0 radical (unpaired) electrons. The standard InChI is InChI=1S/C23H21N3O5/c1-16(25-31-21(27)17-5-3-2-4-6-17)29-14-20-13-26(22(28)30-20)19-9-7-18(8-10-19)23(15-24)11-12-23/h2-10,20H,11-14H2,1H3. The zero-order valence-electron chi connectivity index (χ0n) is 17.0. The zero-order chi connectivity index (χ0) is 21.8. The smallest absolute Gasteiger partial charge is 0.414 e. The van der Waals surface area contributed by atoms with E-state index in [4.69, 9.17) is 14.3 Å². The second-order valence-corrected chi connectivity index (χ2v) is 7.52. The van der Waals surface area contributed by atoms with Crippen LogP contribution in [0.15, 0.2) is 59.8 Å². The quantitative estimate of drug-likeness (QED) is 0.306. The summed E-state index contributed by atoms with van der Waals surface area (Å²) in [4.78, 5) is 30.5. The van der Waals surface area contributed by atoms with Gasteiger partial charge in [-0.3, -0.25) is 4.90 Å². The van der Waals surface area contributed by atoms with E-state index < -0.39 is 18.2 Å². The van der Waals surface area contributed by atoms with E-state index in [-0.39, 0.29) is 17.9 Å². The molecule has 8 heteroatoms. The predicted octanol–water partition coefficient (Wildman–Crippen LogP) is 3.77. The maximum absolute atomic E-state index is 12.2. The lowest BCUT2D eigenvalue weighted by Crippen LogP contribution is -2.26. The summed E-state index contributed by atoms with van der Waals surface area (Å²) in [5.41, 5.74) is 1.70. The van der Waals surface area contributed by atoms with Crippen molar-refractivity contribution >= 4 is 23.6 Å². The van der Waals surface area contributed by atoms with Crippen molar-refractivity contribution in [2.75, 3.05) is 18.1 Å². The van der Waals surface area contributed by atoms with Gasteiger partial charge in [-0.2, -0.15) is 5.26 Å². The van der Waals surface area contributed by atoms with Gasteiger partial charge in [0, 0.05) is 12.6 Å². The molecule has 158 valence electrons. The highest BCUT2D eigenvalue weighted by molar-refractivity contribution is 5.90. The molecule has 2 fully saturated rings. The minimum Gasteiger partial charge on any atom is -0.475 e. The molecular weight excluding hydrogens is 398 g/mol. The molecule has 31 heavy (non-hydrogen) atoms. The molecule has 2 aliphatic rings. The Balaban J connectivity index is 1.28. The maximum Gasteiger partial charge on any atom is 0.414 e. The van der Waals surface area contributed by atoms with E-state index in [0.29, 0.717) is 17.8 Å². The maximum atomic E-state index is 12.2. The van der Waals surface area contributed by atoms with Gasteiger partial charge in [-0.05, 0) is 47.8 Å². The Hall–Kier alpha value is -3.86. The van der Waals surface area contributed by atoms with E-state index in [1.54, 1.807) is 37.3 Å². The van der Waals surface area contributed by atoms with Gasteiger partial charge >= 0.3 is 12.1 Å². The Morgan fingerprint density at radius 3 is 2.58 bits per heavy atom. The molecule has 4 rings (SSSR count). The van der Waals surface area contributed by atoms with Crippen molar-refractivity contribution in [1.82, 2.24) is 0 Å². The van der Waals surface area contributed by atoms with Gasteiger partial charge < -0.3 is 14.3 Å². The van der Waals surface area contributed by atoms with Crippen LogP contribution in [0.5, 0.6) is 0 Å². The van der Waals surface area contributed by atoms with Gasteiger partial charge in [-0.25, -0.2) is 9.59 Å². The second-order valence-electron chi connectivity index (χ2n) is 7.52. The van der Waals surface area contributed by atoms with Crippen molar-refractivity contribution in [2.45, 2.75) is 31.3 Å². The van der Waals surface area contributed by atoms with Gasteiger partial charge in [0.25, 0.3) is 0 Å². The molecule has 0 bridgehead atoms. The highest BCUT2D eigenvalue weighted by Gasteiger charge is 2.45. The predicted molar refractivity (Wildman–Crippen MR) is 112 cm³/mol. The molecule has 1 saturated heterocycles. The molecule has 1 unspecified atom stereocenters. The van der Waals surface area contributed by atoms with Crippen LogP contribution >= 0.6 is 0 Å². The normalized spacial score (nSPS) is 19.4. The number of carbonyl (C=O) groups is 2. The molecule has 1 saturated carbocycles. The molecule has 0 N–H and O–H groups in total. The first kappa shape index (κ1) is 20.4. The average Bonchev–Trinajstić information content (AvgIpc) is 3.52. The zero-order valence-corrected chi connectivity index (χ0v) is 17.0. The number of hydrogen-bond donors (Lipinski definition) is 0. The van der Waals surface area contributed by atoms with Crippen molar-refractivity contribution < 1.29 is 23.9 Å². The van der Waals surface area contributed by atoms with Crippen molar-refractivity contribution in [3.8, 4) is 6.07 Å². The Labute approximate surface area is 179 Å². The summed E-state index contributed by atoms with van der Waals surface area (Å²) in [6.07, 6.45) is 0.787. The molecule has 1 heterocycles. The summed E-state index contributed by atoms with van der Waals surface area (Å²) >= 11 is 0. The molecule has 1 aliphatic carbocycles. The number of benzene rings is 2. The van der Waals surface area contributed by atoms with Crippen molar-refractivity contribution in [1.29, 1.82) is 5.26 Å². The van der Waals surface area contributed by atoms with Crippen LogP contribution in [-0.2, 0) is 19.7 Å². The number of rotatable bonds is 6. The lowest BCUT2D eigenvalue weighted by atomic mass is 9.97. The molecule has 8 nitrogen and oxygen atoms in total. The fourth-order valence-electron chi connectivity index (χ4n) is 3.34. The van der Waals surface area contributed by atoms with E-state index >= 15 is 0 Å². The number of cyclic esters (lactones) is 1. The van der Waals surface area contributed by atoms with Crippen LogP contribution in [0, 0.1) is 11.3 Å². The summed E-state index contributed by atoms with van der Waals surface area (Å²) in [6.45, 7) is 1.95. The molecule has 1 aliphatic heterocycles. The van der Waals surface area contributed by atoms with E-state index in [1.807, 2.05) is 24.3 Å². The van der Waals surface area contributed by atoms with Crippen molar-refractivity contribution in [2.24, 2.45) is 5.16 Å². The Kier molecular flexibility index (Phi) is 5.58. The highest BCUT2D eigenvalue weighted by atomic mass is 16.7. The van der Waals surface area contributed by atoms with Crippen LogP contribution in [-0.4, -0.2) is 37.2 Å². The largest absolute Gasteiger partial charge is 0.475 e. The van der Waals surface area contributed by atoms with Gasteiger partial charge in [-0.15, -0.1) is 0 Å². The molecule has 2 aromatic rings. The lowest BCUT2D eigenvalue weighted by molar-refractivity contribution is 0.0489. The van der Waals surface area contributed by atoms with Gasteiger partial charge in [0.15, 0.2) is 6.10 Å². The third-order valence-corrected chi connectivity index (χ3v) is 5.31. The first-order valence-electron chi connectivity index (χ1n) is 9.94. The first-order valence-corrected chi connectivity index (χ1v) is 9.94. The topological polar surface area (TPSA) is 101 Å². The average molecular weight is 419 g/mol. The van der Waals surface area contributed by atoms with E-state index in [1.165, 1.54) is 4.90 Å². The molecule has 0 aromatic heterocycles. The third kappa shape index (κ3) is 4.51. The Bertz CT molecular complexity index is 1040. The van der Waals surface area contributed by atoms with Crippen LogP contribution in [0.4, 0.5) is 10.5 Å². The number of ether oxygens (including phenoxy) is 2. The van der Waals surface area contributed by atoms with Crippen LogP contribution in [0.1, 0.15) is 35.7 Å². The molecule has 1 atom stereocenters. The minimum atomic E-state index is -0.588. The molecule has 1 amide bonds. The van der Waals surface area contributed by atoms with Crippen LogP contribution in [0.3, 0.4) is 0 Å². The van der Waals surface area contributed by atoms with Crippen LogP contribution in [0.25, 0.3) is 0 Å². The number of amides is 1. The molecular formula is C23H21N3O5. The van der Waals surface area contributed by atoms with E-state index in [9.17, 15) is 14.9 Å². The fraction of sp³-hybridized carbons (Fsp3) is 0.304. The summed E-state index contributed by atoms with van der Waals surface area (Å²) < 4.78 is 10.8. The first-order chi connectivity index (χ1) is 15.0. The van der Waals surface area contributed by atoms with Gasteiger partial charge in [-0.1, -0.05) is 30.3 Å². The number of oxime groups is 1. The van der Waals surface area contributed by atoms with Crippen LogP contribution < -0.4 is 4.90 Å².